The number of anilines is 1. The molecule has 0 aliphatic rings. The molecule has 1 aromatic heterocycles. The molecular formula is C18H20N2O5S2. The summed E-state index contributed by atoms with van der Waals surface area (Å²) in [6.45, 7) is 3.10. The molecule has 9 heteroatoms. The third kappa shape index (κ3) is 5.75. The number of sulfonamides is 1. The maximum absolute atomic E-state index is 12.0. The lowest BCUT2D eigenvalue weighted by Gasteiger charge is -2.10. The van der Waals surface area contributed by atoms with Crippen LogP contribution in [0.1, 0.15) is 16.0 Å². The number of benzene rings is 1. The van der Waals surface area contributed by atoms with Gasteiger partial charge in [0.25, 0.3) is 5.91 Å². The zero-order valence-electron chi connectivity index (χ0n) is 15.1. The van der Waals surface area contributed by atoms with Crippen LogP contribution in [0, 0.1) is 13.8 Å². The Bertz CT molecular complexity index is 977. The van der Waals surface area contributed by atoms with E-state index in [1.165, 1.54) is 30.5 Å². The summed E-state index contributed by atoms with van der Waals surface area (Å²) in [6, 6.07) is 6.44. The summed E-state index contributed by atoms with van der Waals surface area (Å²) < 4.78 is 31.1. The van der Waals surface area contributed by atoms with Gasteiger partial charge in [-0.2, -0.15) is 0 Å². The van der Waals surface area contributed by atoms with Crippen molar-refractivity contribution in [1.29, 1.82) is 0 Å². The largest absolute Gasteiger partial charge is 0.452 e. The Kier molecular flexibility index (Phi) is 6.89. The second-order valence-corrected chi connectivity index (χ2v) is 8.45. The Balaban J connectivity index is 1.94. The normalized spacial score (nSPS) is 11.5. The third-order valence-electron chi connectivity index (χ3n) is 3.65. The van der Waals surface area contributed by atoms with Crippen LogP contribution < -0.4 is 10.0 Å². The smallest absolute Gasteiger partial charge is 0.331 e. The first-order valence-electron chi connectivity index (χ1n) is 7.96. The summed E-state index contributed by atoms with van der Waals surface area (Å²) in [5.41, 5.74) is 1.89. The van der Waals surface area contributed by atoms with Crippen LogP contribution >= 0.6 is 11.3 Å². The Morgan fingerprint density at radius 1 is 1.19 bits per heavy atom. The van der Waals surface area contributed by atoms with Gasteiger partial charge in [-0.3, -0.25) is 4.79 Å². The van der Waals surface area contributed by atoms with E-state index < -0.39 is 28.5 Å². The fourth-order valence-electron chi connectivity index (χ4n) is 2.16. The number of carbonyl (C=O) groups is 2. The maximum atomic E-state index is 12.0. The minimum Gasteiger partial charge on any atom is -0.452 e. The van der Waals surface area contributed by atoms with Crippen LogP contribution in [-0.2, 0) is 24.3 Å². The first-order chi connectivity index (χ1) is 12.7. The quantitative estimate of drug-likeness (QED) is 0.541. The average molecular weight is 409 g/mol. The molecule has 2 aromatic rings. The van der Waals surface area contributed by atoms with Gasteiger partial charge in [0, 0.05) is 16.6 Å². The van der Waals surface area contributed by atoms with Gasteiger partial charge in [-0.1, -0.05) is 6.07 Å². The van der Waals surface area contributed by atoms with Crippen LogP contribution in [0.4, 0.5) is 5.69 Å². The van der Waals surface area contributed by atoms with Gasteiger partial charge in [-0.15, -0.1) is 11.3 Å². The van der Waals surface area contributed by atoms with Gasteiger partial charge < -0.3 is 10.1 Å². The van der Waals surface area contributed by atoms with Crippen molar-refractivity contribution >= 4 is 45.0 Å². The molecule has 0 aliphatic heterocycles. The van der Waals surface area contributed by atoms with Crippen molar-refractivity contribution in [2.75, 3.05) is 19.0 Å². The number of aryl methyl sites for hydroxylation is 2. The highest BCUT2D eigenvalue weighted by Crippen LogP contribution is 2.20. The molecule has 0 atom stereocenters. The first kappa shape index (κ1) is 20.8. The highest BCUT2D eigenvalue weighted by atomic mass is 32.2. The molecular weight excluding hydrogens is 388 g/mol. The van der Waals surface area contributed by atoms with Crippen molar-refractivity contribution in [2.45, 2.75) is 18.7 Å². The molecule has 0 fully saturated rings. The van der Waals surface area contributed by atoms with E-state index in [1.807, 2.05) is 18.4 Å². The van der Waals surface area contributed by atoms with E-state index in [0.29, 0.717) is 11.3 Å². The minimum absolute atomic E-state index is 0.0639. The van der Waals surface area contributed by atoms with E-state index in [1.54, 1.807) is 25.1 Å². The second kappa shape index (κ2) is 8.94. The highest BCUT2D eigenvalue weighted by molar-refractivity contribution is 7.89. The van der Waals surface area contributed by atoms with Crippen LogP contribution in [0.3, 0.4) is 0 Å². The summed E-state index contributed by atoms with van der Waals surface area (Å²) >= 11 is 1.50. The van der Waals surface area contributed by atoms with Crippen LogP contribution in [0.15, 0.2) is 40.6 Å². The average Bonchev–Trinajstić information content (AvgIpc) is 3.04. The standard InChI is InChI=1S/C18H20N2O5S2/c1-12-8-9-26-15(12)6-7-18(22)25-11-17(21)20-14-5-4-13(2)16(10-14)27(23,24)19-3/h4-10,19H,11H2,1-3H3,(H,20,21)/b7-6+. The molecule has 2 rings (SSSR count). The van der Waals surface area contributed by atoms with E-state index in [4.69, 9.17) is 4.74 Å². The van der Waals surface area contributed by atoms with Crippen LogP contribution in [-0.4, -0.2) is 33.9 Å². The summed E-state index contributed by atoms with van der Waals surface area (Å²) in [7, 11) is -2.33. The van der Waals surface area contributed by atoms with Crippen molar-refractivity contribution in [3.63, 3.8) is 0 Å². The van der Waals surface area contributed by atoms with E-state index in [2.05, 4.69) is 10.0 Å². The summed E-state index contributed by atoms with van der Waals surface area (Å²) in [4.78, 5) is 24.7. The zero-order valence-corrected chi connectivity index (χ0v) is 16.7. The van der Waals surface area contributed by atoms with E-state index >= 15 is 0 Å². The number of esters is 1. The predicted molar refractivity (Wildman–Crippen MR) is 105 cm³/mol. The minimum atomic E-state index is -3.64. The monoisotopic (exact) mass is 408 g/mol. The predicted octanol–water partition coefficient (Wildman–Crippen LogP) is 2.47. The van der Waals surface area contributed by atoms with Gasteiger partial charge in [0.15, 0.2) is 6.61 Å². The number of nitrogens with one attached hydrogen (secondary N) is 2. The zero-order chi connectivity index (χ0) is 20.0. The Morgan fingerprint density at radius 2 is 1.93 bits per heavy atom. The Morgan fingerprint density at radius 3 is 2.56 bits per heavy atom. The van der Waals surface area contributed by atoms with Gasteiger partial charge in [0.1, 0.15) is 0 Å². The number of thiophene rings is 1. The first-order valence-corrected chi connectivity index (χ1v) is 10.3. The Labute approximate surface area is 162 Å². The van der Waals surface area contributed by atoms with Crippen LogP contribution in [0.25, 0.3) is 6.08 Å². The summed E-state index contributed by atoms with van der Waals surface area (Å²) in [5.74, 6) is -1.21. The molecule has 2 N–H and O–H groups in total. The highest BCUT2D eigenvalue weighted by Gasteiger charge is 2.16. The number of hydrogen-bond acceptors (Lipinski definition) is 6. The van der Waals surface area contributed by atoms with Crippen LogP contribution in [0.5, 0.6) is 0 Å². The molecule has 0 spiro atoms. The Hall–Kier alpha value is -2.49. The SMILES string of the molecule is CNS(=O)(=O)c1cc(NC(=O)COC(=O)/C=C/c2sccc2C)ccc1C. The van der Waals surface area contributed by atoms with Crippen molar-refractivity contribution in [1.82, 2.24) is 4.72 Å². The molecule has 0 radical (unpaired) electrons. The molecule has 144 valence electrons. The number of hydrogen-bond donors (Lipinski definition) is 2. The van der Waals surface area contributed by atoms with Gasteiger partial charge in [0.2, 0.25) is 10.0 Å². The van der Waals surface area contributed by atoms with Crippen LogP contribution in [0.2, 0.25) is 0 Å². The van der Waals surface area contributed by atoms with Gasteiger partial charge in [0.05, 0.1) is 4.90 Å². The van der Waals surface area contributed by atoms with Gasteiger partial charge >= 0.3 is 5.97 Å². The molecule has 1 heterocycles. The lowest BCUT2D eigenvalue weighted by molar-refractivity contribution is -0.142. The van der Waals surface area contributed by atoms with E-state index in [-0.39, 0.29) is 4.90 Å². The third-order valence-corrected chi connectivity index (χ3v) is 6.19. The van der Waals surface area contributed by atoms with E-state index in [0.717, 1.165) is 10.4 Å². The summed E-state index contributed by atoms with van der Waals surface area (Å²) in [5, 5.41) is 4.42. The second-order valence-electron chi connectivity index (χ2n) is 5.64. The molecule has 0 unspecified atom stereocenters. The van der Waals surface area contributed by atoms with Crippen molar-refractivity contribution in [2.24, 2.45) is 0 Å². The number of ether oxygens (including phenoxy) is 1. The lowest BCUT2D eigenvalue weighted by Crippen LogP contribution is -2.22. The topological polar surface area (TPSA) is 102 Å². The lowest BCUT2D eigenvalue weighted by atomic mass is 10.2. The molecule has 1 aromatic carbocycles. The fraction of sp³-hybridized carbons (Fsp3) is 0.222. The molecule has 0 saturated carbocycles. The van der Waals surface area contributed by atoms with Crippen molar-refractivity contribution < 1.29 is 22.7 Å². The van der Waals surface area contributed by atoms with Crippen molar-refractivity contribution in [3.8, 4) is 0 Å². The molecule has 1 amide bonds. The molecule has 0 saturated heterocycles. The number of rotatable bonds is 7. The molecule has 7 nitrogen and oxygen atoms in total. The molecule has 0 aliphatic carbocycles. The fourth-order valence-corrected chi connectivity index (χ4v) is 3.97. The van der Waals surface area contributed by atoms with Gasteiger partial charge in [-0.25, -0.2) is 17.9 Å². The number of carbonyl (C=O) groups excluding carboxylic acids is 2. The number of amides is 1. The van der Waals surface area contributed by atoms with Crippen molar-refractivity contribution in [3.05, 3.63) is 51.7 Å². The molecule has 0 bridgehead atoms. The summed E-state index contributed by atoms with van der Waals surface area (Å²) in [6.07, 6.45) is 2.89. The van der Waals surface area contributed by atoms with Gasteiger partial charge in [-0.05, 0) is 61.7 Å². The molecule has 27 heavy (non-hydrogen) atoms. The maximum Gasteiger partial charge on any atom is 0.331 e. The van der Waals surface area contributed by atoms with E-state index in [9.17, 15) is 18.0 Å².